The average molecular weight is 469 g/mol. The molecule has 0 aromatic heterocycles. The smallest absolute Gasteiger partial charge is 0.265 e. The molecule has 1 amide bonds. The molecular weight excluding hydrogens is 444 g/mol. The Morgan fingerprint density at radius 2 is 1.73 bits per heavy atom. The van der Waals surface area contributed by atoms with Gasteiger partial charge in [0.25, 0.3) is 10.0 Å². The summed E-state index contributed by atoms with van der Waals surface area (Å²) in [5.41, 5.74) is 2.66. The highest BCUT2D eigenvalue weighted by Crippen LogP contribution is 2.30. The summed E-state index contributed by atoms with van der Waals surface area (Å²) in [6, 6.07) is 16.6. The van der Waals surface area contributed by atoms with Crippen molar-refractivity contribution in [3.8, 4) is 17.2 Å². The van der Waals surface area contributed by atoms with Gasteiger partial charge in [0.2, 0.25) is 5.91 Å². The number of ether oxygens (including phenoxy) is 3. The van der Waals surface area contributed by atoms with Gasteiger partial charge in [-0.3, -0.25) is 9.52 Å². The van der Waals surface area contributed by atoms with Crippen LogP contribution in [0.2, 0.25) is 0 Å². The van der Waals surface area contributed by atoms with Gasteiger partial charge in [0.1, 0.15) is 22.1 Å². The molecule has 0 atom stereocenters. The summed E-state index contributed by atoms with van der Waals surface area (Å²) in [6.07, 6.45) is 0.983. The predicted molar refractivity (Wildman–Crippen MR) is 125 cm³/mol. The Hall–Kier alpha value is -3.72. The van der Waals surface area contributed by atoms with Gasteiger partial charge in [-0.15, -0.1) is 0 Å². The zero-order valence-electron chi connectivity index (χ0n) is 18.3. The van der Waals surface area contributed by atoms with Gasteiger partial charge >= 0.3 is 0 Å². The molecule has 0 fully saturated rings. The molecule has 3 aromatic rings. The van der Waals surface area contributed by atoms with E-state index in [9.17, 15) is 13.2 Å². The van der Waals surface area contributed by atoms with Crippen molar-refractivity contribution in [2.45, 2.75) is 17.7 Å². The molecule has 2 N–H and O–H groups in total. The van der Waals surface area contributed by atoms with Crippen molar-refractivity contribution < 1.29 is 27.4 Å². The van der Waals surface area contributed by atoms with Gasteiger partial charge in [0, 0.05) is 17.8 Å². The van der Waals surface area contributed by atoms with Crippen molar-refractivity contribution in [1.29, 1.82) is 0 Å². The minimum Gasteiger partial charge on any atom is -0.497 e. The second kappa shape index (κ2) is 9.41. The van der Waals surface area contributed by atoms with Crippen LogP contribution in [0.1, 0.15) is 11.1 Å². The van der Waals surface area contributed by atoms with E-state index in [1.807, 2.05) is 18.2 Å². The van der Waals surface area contributed by atoms with Crippen molar-refractivity contribution in [3.63, 3.8) is 0 Å². The van der Waals surface area contributed by atoms with Gasteiger partial charge in [-0.1, -0.05) is 12.1 Å². The molecule has 172 valence electrons. The fourth-order valence-corrected chi connectivity index (χ4v) is 4.83. The van der Waals surface area contributed by atoms with E-state index in [-0.39, 0.29) is 23.0 Å². The Balaban J connectivity index is 1.51. The quantitative estimate of drug-likeness (QED) is 0.524. The lowest BCUT2D eigenvalue weighted by molar-refractivity contribution is -0.115. The number of anilines is 2. The van der Waals surface area contributed by atoms with Crippen LogP contribution in [0.15, 0.2) is 65.6 Å². The number of fused-ring (bicyclic) bond motifs is 1. The lowest BCUT2D eigenvalue weighted by Crippen LogP contribution is -2.17. The molecule has 4 rings (SSSR count). The number of nitrogens with one attached hydrogen (secondary N) is 2. The van der Waals surface area contributed by atoms with Gasteiger partial charge in [-0.2, -0.15) is 0 Å². The lowest BCUT2D eigenvalue weighted by Gasteiger charge is -2.14. The highest BCUT2D eigenvalue weighted by atomic mass is 32.2. The summed E-state index contributed by atoms with van der Waals surface area (Å²) in [5.74, 6) is 1.36. The highest BCUT2D eigenvalue weighted by molar-refractivity contribution is 7.92. The SMILES string of the molecule is COc1ccc(NS(=O)(=O)c2cc(NC(=O)Cc3ccc4c(c3)CCO4)ccc2OC)cc1. The zero-order chi connectivity index (χ0) is 23.4. The highest BCUT2D eigenvalue weighted by Gasteiger charge is 2.21. The summed E-state index contributed by atoms with van der Waals surface area (Å²) < 4.78 is 44.4. The summed E-state index contributed by atoms with van der Waals surface area (Å²) in [4.78, 5) is 12.5. The van der Waals surface area contributed by atoms with Crippen molar-refractivity contribution in [1.82, 2.24) is 0 Å². The number of rotatable bonds is 8. The fourth-order valence-electron chi connectivity index (χ4n) is 3.57. The molecule has 0 aliphatic carbocycles. The molecule has 0 spiro atoms. The average Bonchev–Trinajstić information content (AvgIpc) is 3.27. The number of benzene rings is 3. The topological polar surface area (TPSA) is 103 Å². The first-order chi connectivity index (χ1) is 15.9. The van der Waals surface area contributed by atoms with Crippen molar-refractivity contribution in [2.75, 3.05) is 30.9 Å². The molecule has 1 heterocycles. The van der Waals surface area contributed by atoms with E-state index in [4.69, 9.17) is 14.2 Å². The van der Waals surface area contributed by atoms with E-state index in [0.717, 1.165) is 23.3 Å². The lowest BCUT2D eigenvalue weighted by atomic mass is 10.1. The second-order valence-corrected chi connectivity index (χ2v) is 9.12. The number of carbonyl (C=O) groups excluding carboxylic acids is 1. The Morgan fingerprint density at radius 1 is 0.970 bits per heavy atom. The number of amides is 1. The molecule has 3 aromatic carbocycles. The fraction of sp³-hybridized carbons (Fsp3) is 0.208. The molecule has 1 aliphatic heterocycles. The predicted octanol–water partition coefficient (Wildman–Crippen LogP) is 3.62. The molecule has 0 saturated carbocycles. The Morgan fingerprint density at radius 3 is 2.45 bits per heavy atom. The number of methoxy groups -OCH3 is 2. The van der Waals surface area contributed by atoms with E-state index >= 15 is 0 Å². The van der Waals surface area contributed by atoms with Gasteiger partial charge in [0.15, 0.2) is 0 Å². The van der Waals surface area contributed by atoms with Crippen LogP contribution in [0, 0.1) is 0 Å². The van der Waals surface area contributed by atoms with Crippen LogP contribution in [0.5, 0.6) is 17.2 Å². The van der Waals surface area contributed by atoms with Crippen LogP contribution >= 0.6 is 0 Å². The Kier molecular flexibility index (Phi) is 6.41. The second-order valence-electron chi connectivity index (χ2n) is 7.47. The van der Waals surface area contributed by atoms with Crippen LogP contribution < -0.4 is 24.2 Å². The van der Waals surface area contributed by atoms with Crippen molar-refractivity contribution in [3.05, 3.63) is 71.8 Å². The first-order valence-electron chi connectivity index (χ1n) is 10.3. The molecule has 9 heteroatoms. The van der Waals surface area contributed by atoms with E-state index < -0.39 is 10.0 Å². The van der Waals surface area contributed by atoms with Crippen LogP contribution in [-0.2, 0) is 27.7 Å². The van der Waals surface area contributed by atoms with Crippen LogP contribution in [0.4, 0.5) is 11.4 Å². The van der Waals surface area contributed by atoms with Crippen molar-refractivity contribution >= 4 is 27.3 Å². The number of carbonyl (C=O) groups is 1. The normalized spacial score (nSPS) is 12.4. The summed E-state index contributed by atoms with van der Waals surface area (Å²) in [7, 11) is -1.06. The Labute approximate surface area is 192 Å². The molecule has 0 unspecified atom stereocenters. The maximum absolute atomic E-state index is 13.0. The van der Waals surface area contributed by atoms with Crippen molar-refractivity contribution in [2.24, 2.45) is 0 Å². The van der Waals surface area contributed by atoms with Gasteiger partial charge in [0.05, 0.1) is 27.2 Å². The summed E-state index contributed by atoms with van der Waals surface area (Å²) in [5, 5.41) is 2.77. The third-order valence-corrected chi connectivity index (χ3v) is 6.60. The maximum atomic E-state index is 13.0. The largest absolute Gasteiger partial charge is 0.497 e. The molecule has 0 saturated heterocycles. The summed E-state index contributed by atoms with van der Waals surface area (Å²) >= 11 is 0. The van der Waals surface area contributed by atoms with E-state index in [1.165, 1.54) is 26.4 Å². The van der Waals surface area contributed by atoms with E-state index in [2.05, 4.69) is 10.0 Å². The van der Waals surface area contributed by atoms with Crippen LogP contribution in [-0.4, -0.2) is 35.2 Å². The van der Waals surface area contributed by atoms with E-state index in [1.54, 1.807) is 30.3 Å². The first-order valence-corrected chi connectivity index (χ1v) is 11.8. The molecular formula is C24H24N2O6S. The third kappa shape index (κ3) is 5.20. The molecule has 0 bridgehead atoms. The molecule has 33 heavy (non-hydrogen) atoms. The molecule has 0 radical (unpaired) electrons. The Bertz CT molecular complexity index is 1270. The van der Waals surface area contributed by atoms with Gasteiger partial charge < -0.3 is 19.5 Å². The molecule has 8 nitrogen and oxygen atoms in total. The van der Waals surface area contributed by atoms with Gasteiger partial charge in [-0.25, -0.2) is 8.42 Å². The number of hydrogen-bond donors (Lipinski definition) is 2. The first kappa shape index (κ1) is 22.5. The third-order valence-electron chi connectivity index (χ3n) is 5.20. The standard InChI is InChI=1S/C24H24N2O6S/c1-30-20-7-4-18(5-8-20)26-33(28,29)23-15-19(6-10-22(23)31-2)25-24(27)14-16-3-9-21-17(13-16)11-12-32-21/h3-10,13,15,26H,11-12,14H2,1-2H3,(H,25,27). The number of hydrogen-bond acceptors (Lipinski definition) is 6. The minimum atomic E-state index is -3.98. The monoisotopic (exact) mass is 468 g/mol. The van der Waals surface area contributed by atoms with Crippen LogP contribution in [0.25, 0.3) is 0 Å². The minimum absolute atomic E-state index is 0.0895. The zero-order valence-corrected chi connectivity index (χ0v) is 19.1. The van der Waals surface area contributed by atoms with Gasteiger partial charge in [-0.05, 0) is 59.7 Å². The maximum Gasteiger partial charge on any atom is 0.265 e. The van der Waals surface area contributed by atoms with E-state index in [0.29, 0.717) is 23.7 Å². The summed E-state index contributed by atoms with van der Waals surface area (Å²) in [6.45, 7) is 0.651. The molecule has 1 aliphatic rings. The van der Waals surface area contributed by atoms with Crippen LogP contribution in [0.3, 0.4) is 0 Å². The number of sulfonamides is 1.